The van der Waals surface area contributed by atoms with Gasteiger partial charge in [-0.25, -0.2) is 9.97 Å². The van der Waals surface area contributed by atoms with E-state index in [2.05, 4.69) is 19.9 Å². The van der Waals surface area contributed by atoms with Gasteiger partial charge in [-0.15, -0.1) is 0 Å². The Hall–Kier alpha value is -3.15. The molecule has 0 aromatic carbocycles. The van der Waals surface area contributed by atoms with Gasteiger partial charge in [-0.1, -0.05) is 0 Å². The highest BCUT2D eigenvalue weighted by Crippen LogP contribution is 2.25. The van der Waals surface area contributed by atoms with E-state index in [1.54, 1.807) is 18.7 Å². The first-order valence-corrected chi connectivity index (χ1v) is 8.67. The molecule has 3 aromatic rings. The number of fused-ring (bicyclic) bond motifs is 1. The fourth-order valence-corrected chi connectivity index (χ4v) is 3.26. The summed E-state index contributed by atoms with van der Waals surface area (Å²) in [6.07, 6.45) is 8.26. The molecule has 1 aliphatic rings. The summed E-state index contributed by atoms with van der Waals surface area (Å²) >= 11 is 0. The van der Waals surface area contributed by atoms with Crippen LogP contribution in [0.4, 0.5) is 0 Å². The van der Waals surface area contributed by atoms with E-state index in [9.17, 15) is 4.79 Å². The van der Waals surface area contributed by atoms with Crippen LogP contribution in [0.1, 0.15) is 27.3 Å². The van der Waals surface area contributed by atoms with Gasteiger partial charge in [0.15, 0.2) is 0 Å². The molecule has 0 radical (unpaired) electrons. The lowest BCUT2D eigenvalue weighted by molar-refractivity contribution is 0.0762. The molecule has 4 heterocycles. The van der Waals surface area contributed by atoms with Gasteiger partial charge in [0, 0.05) is 60.6 Å². The standard InChI is InChI=1S/C20H19N5O/c1-14-4-5-16(12-22-14)20(26)25-9-6-17-18(7-10-25)23-13-24-19(17)15-3-2-8-21-11-15/h2-5,8,11-13H,6-7,9-10H2,1H3. The number of pyridine rings is 2. The molecule has 1 aliphatic heterocycles. The lowest BCUT2D eigenvalue weighted by Crippen LogP contribution is -2.33. The molecule has 4 rings (SSSR count). The van der Waals surface area contributed by atoms with Gasteiger partial charge in [0.25, 0.3) is 5.91 Å². The summed E-state index contributed by atoms with van der Waals surface area (Å²) in [5.41, 5.74) is 5.54. The molecular weight excluding hydrogens is 326 g/mol. The number of carbonyl (C=O) groups is 1. The van der Waals surface area contributed by atoms with E-state index in [0.29, 0.717) is 18.7 Å². The van der Waals surface area contributed by atoms with E-state index >= 15 is 0 Å². The summed E-state index contributed by atoms with van der Waals surface area (Å²) in [5, 5.41) is 0. The van der Waals surface area contributed by atoms with Crippen LogP contribution < -0.4 is 0 Å². The predicted octanol–water partition coefficient (Wildman–Crippen LogP) is 2.48. The molecule has 130 valence electrons. The normalized spacial score (nSPS) is 13.8. The van der Waals surface area contributed by atoms with E-state index in [1.165, 1.54) is 0 Å². The fraction of sp³-hybridized carbons (Fsp3) is 0.250. The van der Waals surface area contributed by atoms with Crippen LogP contribution in [0.25, 0.3) is 11.3 Å². The molecule has 3 aromatic heterocycles. The first-order chi connectivity index (χ1) is 12.7. The van der Waals surface area contributed by atoms with Crippen molar-refractivity contribution in [3.8, 4) is 11.3 Å². The van der Waals surface area contributed by atoms with Gasteiger partial charge >= 0.3 is 0 Å². The monoisotopic (exact) mass is 345 g/mol. The maximum absolute atomic E-state index is 12.8. The Morgan fingerprint density at radius 2 is 1.92 bits per heavy atom. The third kappa shape index (κ3) is 3.18. The highest BCUT2D eigenvalue weighted by atomic mass is 16.2. The van der Waals surface area contributed by atoms with Crippen LogP contribution in [0.5, 0.6) is 0 Å². The summed E-state index contributed by atoms with van der Waals surface area (Å²) in [7, 11) is 0. The Bertz CT molecular complexity index is 925. The SMILES string of the molecule is Cc1ccc(C(=O)N2CCc3ncnc(-c4cccnc4)c3CC2)cn1. The van der Waals surface area contributed by atoms with E-state index in [4.69, 9.17) is 0 Å². The third-order valence-corrected chi connectivity index (χ3v) is 4.67. The zero-order valence-corrected chi connectivity index (χ0v) is 14.6. The Labute approximate surface area is 152 Å². The summed E-state index contributed by atoms with van der Waals surface area (Å²) < 4.78 is 0. The minimum atomic E-state index is 0.0150. The van der Waals surface area contributed by atoms with Crippen LogP contribution in [0.2, 0.25) is 0 Å². The number of amides is 1. The lowest BCUT2D eigenvalue weighted by Gasteiger charge is -2.20. The molecule has 26 heavy (non-hydrogen) atoms. The van der Waals surface area contributed by atoms with Gasteiger partial charge in [0.1, 0.15) is 6.33 Å². The number of hydrogen-bond donors (Lipinski definition) is 0. The number of aryl methyl sites for hydroxylation is 1. The van der Waals surface area contributed by atoms with Crippen molar-refractivity contribution in [2.75, 3.05) is 13.1 Å². The molecule has 0 bridgehead atoms. The Kier molecular flexibility index (Phi) is 4.39. The first kappa shape index (κ1) is 16.3. The molecule has 0 saturated carbocycles. The van der Waals surface area contributed by atoms with Crippen LogP contribution in [-0.2, 0) is 12.8 Å². The maximum Gasteiger partial charge on any atom is 0.255 e. The van der Waals surface area contributed by atoms with Crippen LogP contribution >= 0.6 is 0 Å². The second kappa shape index (κ2) is 7.00. The Morgan fingerprint density at radius 3 is 2.69 bits per heavy atom. The maximum atomic E-state index is 12.8. The highest BCUT2D eigenvalue weighted by Gasteiger charge is 2.23. The molecule has 0 spiro atoms. The molecule has 0 saturated heterocycles. The molecule has 0 N–H and O–H groups in total. The van der Waals surface area contributed by atoms with Crippen molar-refractivity contribution in [3.63, 3.8) is 0 Å². The van der Waals surface area contributed by atoms with Gasteiger partial charge in [0.2, 0.25) is 0 Å². The molecule has 6 heteroatoms. The van der Waals surface area contributed by atoms with Crippen molar-refractivity contribution < 1.29 is 4.79 Å². The van der Waals surface area contributed by atoms with E-state index < -0.39 is 0 Å². The third-order valence-electron chi connectivity index (χ3n) is 4.67. The molecule has 0 aliphatic carbocycles. The van der Waals surface area contributed by atoms with Crippen LogP contribution in [0, 0.1) is 6.92 Å². The first-order valence-electron chi connectivity index (χ1n) is 8.67. The fourth-order valence-electron chi connectivity index (χ4n) is 3.26. The zero-order chi connectivity index (χ0) is 17.9. The van der Waals surface area contributed by atoms with Crippen LogP contribution in [-0.4, -0.2) is 43.8 Å². The van der Waals surface area contributed by atoms with Crippen molar-refractivity contribution in [3.05, 3.63) is 71.7 Å². The quantitative estimate of drug-likeness (QED) is 0.713. The van der Waals surface area contributed by atoms with Crippen molar-refractivity contribution in [2.24, 2.45) is 0 Å². The van der Waals surface area contributed by atoms with E-state index in [-0.39, 0.29) is 5.91 Å². The lowest BCUT2D eigenvalue weighted by atomic mass is 10.0. The molecule has 0 unspecified atom stereocenters. The zero-order valence-electron chi connectivity index (χ0n) is 14.6. The second-order valence-electron chi connectivity index (χ2n) is 6.37. The average Bonchev–Trinajstić information content (AvgIpc) is 2.91. The van der Waals surface area contributed by atoms with Gasteiger partial charge in [-0.3, -0.25) is 14.8 Å². The second-order valence-corrected chi connectivity index (χ2v) is 6.37. The summed E-state index contributed by atoms with van der Waals surface area (Å²) in [6.45, 7) is 3.19. The van der Waals surface area contributed by atoms with E-state index in [0.717, 1.165) is 41.1 Å². The largest absolute Gasteiger partial charge is 0.338 e. The molecule has 1 amide bonds. The number of nitrogens with zero attached hydrogens (tertiary/aromatic N) is 5. The van der Waals surface area contributed by atoms with Crippen LogP contribution in [0.3, 0.4) is 0 Å². The van der Waals surface area contributed by atoms with Crippen molar-refractivity contribution in [2.45, 2.75) is 19.8 Å². The number of carbonyl (C=O) groups excluding carboxylic acids is 1. The number of aromatic nitrogens is 4. The summed E-state index contributed by atoms with van der Waals surface area (Å²) in [5.74, 6) is 0.0150. The molecule has 0 fully saturated rings. The predicted molar refractivity (Wildman–Crippen MR) is 97.5 cm³/mol. The Balaban J connectivity index is 1.60. The smallest absolute Gasteiger partial charge is 0.255 e. The topological polar surface area (TPSA) is 71.9 Å². The molecule has 6 nitrogen and oxygen atoms in total. The Morgan fingerprint density at radius 1 is 1.04 bits per heavy atom. The number of hydrogen-bond acceptors (Lipinski definition) is 5. The molecule has 0 atom stereocenters. The van der Waals surface area contributed by atoms with Gasteiger partial charge in [-0.05, 0) is 37.6 Å². The van der Waals surface area contributed by atoms with Gasteiger partial charge < -0.3 is 4.90 Å². The summed E-state index contributed by atoms with van der Waals surface area (Å²) in [6, 6.07) is 7.61. The van der Waals surface area contributed by atoms with Crippen LogP contribution in [0.15, 0.2) is 49.2 Å². The van der Waals surface area contributed by atoms with Gasteiger partial charge in [0.05, 0.1) is 11.3 Å². The highest BCUT2D eigenvalue weighted by molar-refractivity contribution is 5.94. The minimum absolute atomic E-state index is 0.0150. The summed E-state index contributed by atoms with van der Waals surface area (Å²) in [4.78, 5) is 32.1. The average molecular weight is 345 g/mol. The number of rotatable bonds is 2. The van der Waals surface area contributed by atoms with Gasteiger partial charge in [-0.2, -0.15) is 0 Å². The van der Waals surface area contributed by atoms with Crippen molar-refractivity contribution in [1.82, 2.24) is 24.8 Å². The van der Waals surface area contributed by atoms with Crippen molar-refractivity contribution in [1.29, 1.82) is 0 Å². The molecular formula is C20H19N5O. The van der Waals surface area contributed by atoms with Crippen molar-refractivity contribution >= 4 is 5.91 Å². The minimum Gasteiger partial charge on any atom is -0.338 e. The van der Waals surface area contributed by atoms with E-state index in [1.807, 2.05) is 42.3 Å².